The molecular formula is C13H17Cl2NO. The van der Waals surface area contributed by atoms with Crippen molar-refractivity contribution in [3.8, 4) is 0 Å². The molecule has 1 aliphatic heterocycles. The summed E-state index contributed by atoms with van der Waals surface area (Å²) in [5.41, 5.74) is 0.895. The Labute approximate surface area is 112 Å². The highest BCUT2D eigenvalue weighted by molar-refractivity contribution is 6.36. The molecule has 0 aromatic heterocycles. The molecule has 0 atom stereocenters. The highest BCUT2D eigenvalue weighted by Crippen LogP contribution is 2.37. The van der Waals surface area contributed by atoms with Gasteiger partial charge in [0.05, 0.1) is 0 Å². The number of benzene rings is 1. The average molecular weight is 274 g/mol. The minimum Gasteiger partial charge on any atom is -0.396 e. The van der Waals surface area contributed by atoms with Crippen LogP contribution < -0.4 is 5.32 Å². The molecule has 94 valence electrons. The van der Waals surface area contributed by atoms with Crippen molar-refractivity contribution in [2.75, 3.05) is 19.7 Å². The second-order valence-electron chi connectivity index (χ2n) is 4.79. The van der Waals surface area contributed by atoms with Crippen LogP contribution in [-0.4, -0.2) is 24.8 Å². The molecule has 0 radical (unpaired) electrons. The van der Waals surface area contributed by atoms with Crippen LogP contribution in [-0.2, 0) is 6.42 Å². The van der Waals surface area contributed by atoms with E-state index in [4.69, 9.17) is 23.2 Å². The molecule has 0 amide bonds. The molecule has 2 N–H and O–H groups in total. The maximum absolute atomic E-state index is 9.67. The van der Waals surface area contributed by atoms with E-state index in [1.165, 1.54) is 0 Å². The maximum Gasteiger partial charge on any atom is 0.0491 e. The highest BCUT2D eigenvalue weighted by Gasteiger charge is 2.32. The lowest BCUT2D eigenvalue weighted by Gasteiger charge is -2.36. The van der Waals surface area contributed by atoms with E-state index in [9.17, 15) is 5.11 Å². The van der Waals surface area contributed by atoms with Gasteiger partial charge in [0.1, 0.15) is 0 Å². The van der Waals surface area contributed by atoms with Crippen LogP contribution in [0.4, 0.5) is 0 Å². The smallest absolute Gasteiger partial charge is 0.0491 e. The zero-order valence-corrected chi connectivity index (χ0v) is 11.2. The van der Waals surface area contributed by atoms with E-state index in [0.717, 1.165) is 37.9 Å². The van der Waals surface area contributed by atoms with Gasteiger partial charge < -0.3 is 10.4 Å². The Morgan fingerprint density at radius 1 is 1.18 bits per heavy atom. The molecule has 0 aliphatic carbocycles. The summed E-state index contributed by atoms with van der Waals surface area (Å²) in [5, 5.41) is 14.4. The summed E-state index contributed by atoms with van der Waals surface area (Å²) in [4.78, 5) is 0. The molecule has 4 heteroatoms. The van der Waals surface area contributed by atoms with Gasteiger partial charge in [0.15, 0.2) is 0 Å². The molecular weight excluding hydrogens is 257 g/mol. The van der Waals surface area contributed by atoms with Crippen LogP contribution in [0.25, 0.3) is 0 Å². The molecule has 0 saturated carbocycles. The lowest BCUT2D eigenvalue weighted by Crippen LogP contribution is -2.40. The summed E-state index contributed by atoms with van der Waals surface area (Å²) in [7, 11) is 0. The summed E-state index contributed by atoms with van der Waals surface area (Å²) in [6.07, 6.45) is 2.68. The van der Waals surface area contributed by atoms with Crippen molar-refractivity contribution in [3.05, 3.63) is 33.8 Å². The van der Waals surface area contributed by atoms with Gasteiger partial charge in [0, 0.05) is 16.7 Å². The first-order chi connectivity index (χ1) is 8.17. The maximum atomic E-state index is 9.67. The van der Waals surface area contributed by atoms with E-state index < -0.39 is 0 Å². The van der Waals surface area contributed by atoms with E-state index in [1.807, 2.05) is 18.2 Å². The first-order valence-electron chi connectivity index (χ1n) is 5.91. The number of nitrogens with one attached hydrogen (secondary N) is 1. The minimum atomic E-state index is -0.0696. The van der Waals surface area contributed by atoms with Crippen molar-refractivity contribution in [2.45, 2.75) is 19.3 Å². The van der Waals surface area contributed by atoms with Gasteiger partial charge in [0.25, 0.3) is 0 Å². The third kappa shape index (κ3) is 2.94. The molecule has 0 spiro atoms. The summed E-state index contributed by atoms with van der Waals surface area (Å²) >= 11 is 12.4. The second kappa shape index (κ2) is 5.57. The van der Waals surface area contributed by atoms with Crippen molar-refractivity contribution in [2.24, 2.45) is 5.41 Å². The van der Waals surface area contributed by atoms with E-state index in [2.05, 4.69) is 5.32 Å². The lowest BCUT2D eigenvalue weighted by molar-refractivity contribution is 0.0893. The zero-order valence-electron chi connectivity index (χ0n) is 9.68. The number of hydrogen-bond acceptors (Lipinski definition) is 2. The molecule has 0 unspecified atom stereocenters. The number of aliphatic hydroxyl groups excluding tert-OH is 1. The Hall–Kier alpha value is -0.280. The Bertz CT molecular complexity index is 369. The van der Waals surface area contributed by atoms with Gasteiger partial charge in [-0.3, -0.25) is 0 Å². The van der Waals surface area contributed by atoms with Crippen LogP contribution in [0.2, 0.25) is 10.0 Å². The first-order valence-corrected chi connectivity index (χ1v) is 6.67. The molecule has 1 saturated heterocycles. The van der Waals surface area contributed by atoms with Gasteiger partial charge in [-0.15, -0.1) is 0 Å². The molecule has 1 fully saturated rings. The van der Waals surface area contributed by atoms with Gasteiger partial charge in [-0.25, -0.2) is 0 Å². The monoisotopic (exact) mass is 273 g/mol. The van der Waals surface area contributed by atoms with Crippen LogP contribution in [0.15, 0.2) is 18.2 Å². The van der Waals surface area contributed by atoms with Crippen molar-refractivity contribution >= 4 is 23.2 Å². The fourth-order valence-electron chi connectivity index (χ4n) is 2.42. The lowest BCUT2D eigenvalue weighted by atomic mass is 9.75. The summed E-state index contributed by atoms with van der Waals surface area (Å²) in [5.74, 6) is 0. The van der Waals surface area contributed by atoms with E-state index in [0.29, 0.717) is 10.0 Å². The summed E-state index contributed by atoms with van der Waals surface area (Å²) in [6.45, 7) is 2.08. The van der Waals surface area contributed by atoms with Crippen molar-refractivity contribution in [1.82, 2.24) is 5.32 Å². The molecule has 1 aliphatic rings. The van der Waals surface area contributed by atoms with Crippen molar-refractivity contribution < 1.29 is 5.11 Å². The number of aliphatic hydroxyl groups is 1. The molecule has 1 aromatic carbocycles. The van der Waals surface area contributed by atoms with Crippen LogP contribution in [0.5, 0.6) is 0 Å². The summed E-state index contributed by atoms with van der Waals surface area (Å²) in [6, 6.07) is 5.56. The Kier molecular flexibility index (Phi) is 4.31. The van der Waals surface area contributed by atoms with Gasteiger partial charge >= 0.3 is 0 Å². The van der Waals surface area contributed by atoms with E-state index >= 15 is 0 Å². The van der Waals surface area contributed by atoms with Crippen molar-refractivity contribution in [1.29, 1.82) is 0 Å². The van der Waals surface area contributed by atoms with E-state index in [1.54, 1.807) is 0 Å². The number of hydrogen-bond donors (Lipinski definition) is 2. The normalized spacial score (nSPS) is 19.2. The summed E-state index contributed by atoms with van der Waals surface area (Å²) < 4.78 is 0. The first kappa shape index (κ1) is 13.2. The fourth-order valence-corrected chi connectivity index (χ4v) is 2.96. The van der Waals surface area contributed by atoms with Gasteiger partial charge in [-0.05, 0) is 55.5 Å². The predicted molar refractivity (Wildman–Crippen MR) is 71.8 cm³/mol. The fraction of sp³-hybridized carbons (Fsp3) is 0.538. The zero-order chi connectivity index (χ0) is 12.3. The van der Waals surface area contributed by atoms with Gasteiger partial charge in [-0.1, -0.05) is 29.3 Å². The Morgan fingerprint density at radius 2 is 1.76 bits per heavy atom. The molecule has 1 heterocycles. The van der Waals surface area contributed by atoms with Crippen molar-refractivity contribution in [3.63, 3.8) is 0 Å². The number of halogens is 2. The molecule has 2 nitrogen and oxygen atoms in total. The molecule has 1 aromatic rings. The number of piperidine rings is 1. The third-order valence-electron chi connectivity index (χ3n) is 3.61. The predicted octanol–water partition coefficient (Wildman–Crippen LogP) is 2.90. The van der Waals surface area contributed by atoms with Gasteiger partial charge in [-0.2, -0.15) is 0 Å². The number of rotatable bonds is 3. The largest absolute Gasteiger partial charge is 0.396 e. The standard InChI is InChI=1S/C13H17Cl2NO/c14-11-2-1-3-12(15)10(11)8-13(9-17)4-6-16-7-5-13/h1-3,16-17H,4-9H2. The van der Waals surface area contributed by atoms with Crippen LogP contribution in [0, 0.1) is 5.41 Å². The molecule has 17 heavy (non-hydrogen) atoms. The van der Waals surface area contributed by atoms with Crippen LogP contribution in [0.1, 0.15) is 18.4 Å². The Morgan fingerprint density at radius 3 is 2.29 bits per heavy atom. The third-order valence-corrected chi connectivity index (χ3v) is 4.32. The topological polar surface area (TPSA) is 32.3 Å². The average Bonchev–Trinajstić information content (AvgIpc) is 2.35. The minimum absolute atomic E-state index is 0.0696. The SMILES string of the molecule is OCC1(Cc2c(Cl)cccc2Cl)CCNCC1. The van der Waals surface area contributed by atoms with Crippen LogP contribution >= 0.6 is 23.2 Å². The van der Waals surface area contributed by atoms with Gasteiger partial charge in [0.2, 0.25) is 0 Å². The molecule has 0 bridgehead atoms. The molecule has 2 rings (SSSR count). The second-order valence-corrected chi connectivity index (χ2v) is 5.60. The van der Waals surface area contributed by atoms with Crippen LogP contribution in [0.3, 0.4) is 0 Å². The highest BCUT2D eigenvalue weighted by atomic mass is 35.5. The Balaban J connectivity index is 2.23. The quantitative estimate of drug-likeness (QED) is 0.888. The van der Waals surface area contributed by atoms with E-state index in [-0.39, 0.29) is 12.0 Å².